The average Bonchev–Trinajstić information content (AvgIpc) is 3.21. The van der Waals surface area contributed by atoms with Gasteiger partial charge in [0.2, 0.25) is 6.10 Å². The number of esters is 1. The van der Waals surface area contributed by atoms with Crippen LogP contribution in [0.3, 0.4) is 0 Å². The molecule has 3 rings (SSSR count). The van der Waals surface area contributed by atoms with Gasteiger partial charge >= 0.3 is 5.97 Å². The number of amides is 1. The predicted molar refractivity (Wildman–Crippen MR) is 92.4 cm³/mol. The fourth-order valence-electron chi connectivity index (χ4n) is 2.33. The molecule has 0 aliphatic heterocycles. The lowest BCUT2D eigenvalue weighted by Gasteiger charge is -2.21. The van der Waals surface area contributed by atoms with Gasteiger partial charge < -0.3 is 9.64 Å². The SMILES string of the molecule is CN(C)C(=O)[C@@H](OC(=O)c1ccc(-n2cnnn2)cc1)c1ccccc1. The van der Waals surface area contributed by atoms with E-state index in [9.17, 15) is 9.59 Å². The number of rotatable bonds is 5. The maximum absolute atomic E-state index is 12.5. The molecule has 1 atom stereocenters. The summed E-state index contributed by atoms with van der Waals surface area (Å²) in [7, 11) is 3.24. The molecule has 0 saturated carbocycles. The van der Waals surface area contributed by atoms with Crippen LogP contribution in [0.2, 0.25) is 0 Å². The summed E-state index contributed by atoms with van der Waals surface area (Å²) < 4.78 is 6.97. The zero-order valence-electron chi connectivity index (χ0n) is 14.3. The van der Waals surface area contributed by atoms with Crippen molar-refractivity contribution in [3.63, 3.8) is 0 Å². The van der Waals surface area contributed by atoms with E-state index in [1.807, 2.05) is 6.07 Å². The number of carbonyl (C=O) groups is 2. The lowest BCUT2D eigenvalue weighted by molar-refractivity contribution is -0.138. The standard InChI is InChI=1S/C18H17N5O3/c1-22(2)17(24)16(13-6-4-3-5-7-13)26-18(25)14-8-10-15(11-9-14)23-12-19-20-21-23/h3-12,16H,1-2H3/t16-/m0/s1. The van der Waals surface area contributed by atoms with Crippen LogP contribution in [0.1, 0.15) is 22.0 Å². The highest BCUT2D eigenvalue weighted by molar-refractivity contribution is 5.92. The minimum Gasteiger partial charge on any atom is -0.444 e. The summed E-state index contributed by atoms with van der Waals surface area (Å²) in [6.07, 6.45) is 0.451. The van der Waals surface area contributed by atoms with Gasteiger partial charge in [0, 0.05) is 19.7 Å². The largest absolute Gasteiger partial charge is 0.444 e. The molecule has 0 fully saturated rings. The Morgan fingerprint density at radius 2 is 1.73 bits per heavy atom. The first-order chi connectivity index (χ1) is 12.6. The second kappa shape index (κ2) is 7.56. The van der Waals surface area contributed by atoms with Gasteiger partial charge in [-0.15, -0.1) is 5.10 Å². The summed E-state index contributed by atoms with van der Waals surface area (Å²) in [4.78, 5) is 26.4. The van der Waals surface area contributed by atoms with Crippen LogP contribution in [0.5, 0.6) is 0 Å². The maximum atomic E-state index is 12.5. The number of likely N-dealkylation sites (N-methyl/N-ethyl adjacent to an activating group) is 1. The Morgan fingerprint density at radius 1 is 1.04 bits per heavy atom. The van der Waals surface area contributed by atoms with Gasteiger partial charge in [0.1, 0.15) is 6.33 Å². The first-order valence-corrected chi connectivity index (χ1v) is 7.87. The van der Waals surface area contributed by atoms with Gasteiger partial charge in [-0.25, -0.2) is 9.48 Å². The molecule has 0 aliphatic rings. The number of hydrogen-bond donors (Lipinski definition) is 0. The molecule has 2 aromatic carbocycles. The van der Waals surface area contributed by atoms with Crippen molar-refractivity contribution in [2.75, 3.05) is 14.1 Å². The van der Waals surface area contributed by atoms with E-state index >= 15 is 0 Å². The van der Waals surface area contributed by atoms with Gasteiger partial charge in [-0.3, -0.25) is 4.79 Å². The van der Waals surface area contributed by atoms with Crippen molar-refractivity contribution < 1.29 is 14.3 Å². The second-order valence-electron chi connectivity index (χ2n) is 5.73. The first-order valence-electron chi connectivity index (χ1n) is 7.87. The van der Waals surface area contributed by atoms with Crippen LogP contribution in [-0.2, 0) is 9.53 Å². The molecule has 0 saturated heterocycles. The molecule has 0 aliphatic carbocycles. The van der Waals surface area contributed by atoms with E-state index in [1.54, 1.807) is 62.6 Å². The molecule has 132 valence electrons. The molecule has 8 nitrogen and oxygen atoms in total. The monoisotopic (exact) mass is 351 g/mol. The normalized spacial score (nSPS) is 11.6. The van der Waals surface area contributed by atoms with Gasteiger partial charge in [-0.1, -0.05) is 30.3 Å². The van der Waals surface area contributed by atoms with Gasteiger partial charge in [0.25, 0.3) is 5.91 Å². The van der Waals surface area contributed by atoms with E-state index in [0.717, 1.165) is 0 Å². The van der Waals surface area contributed by atoms with E-state index < -0.39 is 12.1 Å². The number of ether oxygens (including phenoxy) is 1. The van der Waals surface area contributed by atoms with Crippen LogP contribution in [0.4, 0.5) is 0 Å². The zero-order chi connectivity index (χ0) is 18.5. The fraction of sp³-hybridized carbons (Fsp3) is 0.167. The molecule has 26 heavy (non-hydrogen) atoms. The Balaban J connectivity index is 1.80. The quantitative estimate of drug-likeness (QED) is 0.649. The van der Waals surface area contributed by atoms with Crippen LogP contribution in [0.25, 0.3) is 5.69 Å². The van der Waals surface area contributed by atoms with Crippen molar-refractivity contribution in [1.29, 1.82) is 0 Å². The lowest BCUT2D eigenvalue weighted by Crippen LogP contribution is -2.31. The number of aromatic nitrogens is 4. The van der Waals surface area contributed by atoms with Crippen molar-refractivity contribution in [3.8, 4) is 5.69 Å². The number of benzene rings is 2. The van der Waals surface area contributed by atoms with Crippen LogP contribution in [-0.4, -0.2) is 51.1 Å². The fourth-order valence-corrected chi connectivity index (χ4v) is 2.33. The van der Waals surface area contributed by atoms with E-state index in [1.165, 1.54) is 15.9 Å². The predicted octanol–water partition coefficient (Wildman–Crippen LogP) is 1.65. The minimum absolute atomic E-state index is 0.310. The molecule has 1 aromatic heterocycles. The third-order valence-electron chi connectivity index (χ3n) is 3.71. The van der Waals surface area contributed by atoms with Crippen molar-refractivity contribution in [2.45, 2.75) is 6.10 Å². The van der Waals surface area contributed by atoms with E-state index in [-0.39, 0.29) is 5.91 Å². The maximum Gasteiger partial charge on any atom is 0.339 e. The van der Waals surface area contributed by atoms with Crippen LogP contribution in [0.15, 0.2) is 60.9 Å². The number of nitrogens with zero attached hydrogens (tertiary/aromatic N) is 5. The van der Waals surface area contributed by atoms with E-state index in [0.29, 0.717) is 16.8 Å². The van der Waals surface area contributed by atoms with Gasteiger partial charge in [-0.05, 0) is 34.7 Å². The van der Waals surface area contributed by atoms with Gasteiger partial charge in [-0.2, -0.15) is 0 Å². The van der Waals surface area contributed by atoms with Crippen LogP contribution in [0, 0.1) is 0 Å². The average molecular weight is 351 g/mol. The highest BCUT2D eigenvalue weighted by Gasteiger charge is 2.26. The number of hydrogen-bond acceptors (Lipinski definition) is 6. The Kier molecular flexibility index (Phi) is 5.02. The Bertz CT molecular complexity index is 877. The third-order valence-corrected chi connectivity index (χ3v) is 3.71. The summed E-state index contributed by atoms with van der Waals surface area (Å²) in [5.41, 5.74) is 1.65. The molecule has 0 radical (unpaired) electrons. The zero-order valence-corrected chi connectivity index (χ0v) is 14.3. The molecule has 0 bridgehead atoms. The molecule has 1 heterocycles. The molecule has 3 aromatic rings. The number of tetrazole rings is 1. The molecule has 0 N–H and O–H groups in total. The topological polar surface area (TPSA) is 90.2 Å². The second-order valence-corrected chi connectivity index (χ2v) is 5.73. The van der Waals surface area contributed by atoms with E-state index in [2.05, 4.69) is 15.5 Å². The van der Waals surface area contributed by atoms with Gasteiger partial charge in [0.15, 0.2) is 0 Å². The minimum atomic E-state index is -1.00. The molecule has 8 heteroatoms. The summed E-state index contributed by atoms with van der Waals surface area (Å²) in [6, 6.07) is 15.5. The summed E-state index contributed by atoms with van der Waals surface area (Å²) in [5, 5.41) is 10.9. The Labute approximate surface area is 150 Å². The van der Waals surface area contributed by atoms with Crippen molar-refractivity contribution in [2.24, 2.45) is 0 Å². The van der Waals surface area contributed by atoms with Crippen LogP contribution < -0.4 is 0 Å². The highest BCUT2D eigenvalue weighted by atomic mass is 16.5. The highest BCUT2D eigenvalue weighted by Crippen LogP contribution is 2.21. The first kappa shape index (κ1) is 17.3. The molecular weight excluding hydrogens is 334 g/mol. The Morgan fingerprint density at radius 3 is 2.31 bits per heavy atom. The lowest BCUT2D eigenvalue weighted by atomic mass is 10.1. The summed E-state index contributed by atoms with van der Waals surface area (Å²) in [6.45, 7) is 0. The number of carbonyl (C=O) groups excluding carboxylic acids is 2. The third kappa shape index (κ3) is 3.75. The molecular formula is C18H17N5O3. The smallest absolute Gasteiger partial charge is 0.339 e. The van der Waals surface area contributed by atoms with Crippen molar-refractivity contribution >= 4 is 11.9 Å². The van der Waals surface area contributed by atoms with Gasteiger partial charge in [0.05, 0.1) is 11.3 Å². The van der Waals surface area contributed by atoms with E-state index in [4.69, 9.17) is 4.74 Å². The summed E-state index contributed by atoms with van der Waals surface area (Å²) in [5.74, 6) is -0.896. The summed E-state index contributed by atoms with van der Waals surface area (Å²) >= 11 is 0. The van der Waals surface area contributed by atoms with Crippen molar-refractivity contribution in [1.82, 2.24) is 25.1 Å². The van der Waals surface area contributed by atoms with Crippen LogP contribution >= 0.6 is 0 Å². The molecule has 0 spiro atoms. The van der Waals surface area contributed by atoms with Crippen molar-refractivity contribution in [3.05, 3.63) is 72.1 Å². The Hall–Kier alpha value is -3.55. The molecule has 0 unspecified atom stereocenters. The molecule has 1 amide bonds.